The SMILES string of the molecule is Cc1nc(-c2ccccc2)sc1CC(=O)NCc1ccccn1. The number of carbonyl (C=O) groups excluding carboxylic acids is 1. The van der Waals surface area contributed by atoms with Crippen LogP contribution in [0.1, 0.15) is 16.3 Å². The molecule has 3 rings (SSSR count). The highest BCUT2D eigenvalue weighted by molar-refractivity contribution is 7.15. The lowest BCUT2D eigenvalue weighted by Gasteiger charge is -2.03. The molecule has 5 heteroatoms. The molecule has 116 valence electrons. The van der Waals surface area contributed by atoms with Crippen molar-refractivity contribution in [2.75, 3.05) is 0 Å². The summed E-state index contributed by atoms with van der Waals surface area (Å²) in [6, 6.07) is 15.7. The maximum Gasteiger partial charge on any atom is 0.225 e. The molecule has 4 nitrogen and oxygen atoms in total. The normalized spacial score (nSPS) is 10.5. The van der Waals surface area contributed by atoms with E-state index in [1.165, 1.54) is 0 Å². The summed E-state index contributed by atoms with van der Waals surface area (Å²) < 4.78 is 0. The molecule has 1 N–H and O–H groups in total. The number of hydrogen-bond acceptors (Lipinski definition) is 4. The van der Waals surface area contributed by atoms with Gasteiger partial charge in [0.2, 0.25) is 5.91 Å². The number of amides is 1. The number of rotatable bonds is 5. The molecule has 0 radical (unpaired) electrons. The Bertz CT molecular complexity index is 785. The van der Waals surface area contributed by atoms with Crippen LogP contribution in [0.5, 0.6) is 0 Å². The summed E-state index contributed by atoms with van der Waals surface area (Å²) in [6.45, 7) is 2.40. The Hall–Kier alpha value is -2.53. The smallest absolute Gasteiger partial charge is 0.225 e. The molecule has 0 aliphatic carbocycles. The minimum atomic E-state index is -0.0120. The fourth-order valence-corrected chi connectivity index (χ4v) is 3.26. The minimum absolute atomic E-state index is 0.0120. The largest absolute Gasteiger partial charge is 0.350 e. The summed E-state index contributed by atoms with van der Waals surface area (Å²) >= 11 is 1.58. The standard InChI is InChI=1S/C18H17N3OS/c1-13-16(23-18(21-13)14-7-3-2-4-8-14)11-17(22)20-12-15-9-5-6-10-19-15/h2-10H,11-12H2,1H3,(H,20,22). The van der Waals surface area contributed by atoms with Crippen molar-refractivity contribution < 1.29 is 4.79 Å². The van der Waals surface area contributed by atoms with E-state index >= 15 is 0 Å². The van der Waals surface area contributed by atoms with E-state index in [9.17, 15) is 4.79 Å². The van der Waals surface area contributed by atoms with Gasteiger partial charge in [0.25, 0.3) is 0 Å². The van der Waals surface area contributed by atoms with Gasteiger partial charge < -0.3 is 5.32 Å². The van der Waals surface area contributed by atoms with Gasteiger partial charge in [0.15, 0.2) is 0 Å². The second-order valence-electron chi connectivity index (χ2n) is 5.17. The number of nitrogens with one attached hydrogen (secondary N) is 1. The van der Waals surface area contributed by atoms with Crippen LogP contribution in [0.2, 0.25) is 0 Å². The predicted octanol–water partition coefficient (Wildman–Crippen LogP) is 3.37. The maximum absolute atomic E-state index is 12.1. The highest BCUT2D eigenvalue weighted by Crippen LogP contribution is 2.27. The van der Waals surface area contributed by atoms with E-state index < -0.39 is 0 Å². The van der Waals surface area contributed by atoms with Crippen LogP contribution in [-0.4, -0.2) is 15.9 Å². The molecule has 0 unspecified atom stereocenters. The van der Waals surface area contributed by atoms with E-state index in [1.807, 2.05) is 55.5 Å². The zero-order valence-corrected chi connectivity index (χ0v) is 13.6. The Labute approximate surface area is 139 Å². The molecule has 0 aliphatic heterocycles. The monoisotopic (exact) mass is 323 g/mol. The molecule has 3 aromatic rings. The van der Waals surface area contributed by atoms with Gasteiger partial charge in [-0.15, -0.1) is 11.3 Å². The summed E-state index contributed by atoms with van der Waals surface area (Å²) in [5.74, 6) is -0.0120. The number of aromatic nitrogens is 2. The van der Waals surface area contributed by atoms with Crippen molar-refractivity contribution in [2.45, 2.75) is 19.9 Å². The highest BCUT2D eigenvalue weighted by atomic mass is 32.1. The van der Waals surface area contributed by atoms with Gasteiger partial charge in [-0.1, -0.05) is 36.4 Å². The molecule has 0 bridgehead atoms. The average molecular weight is 323 g/mol. The second-order valence-corrected chi connectivity index (χ2v) is 6.25. The Morgan fingerprint density at radius 2 is 1.91 bits per heavy atom. The van der Waals surface area contributed by atoms with Gasteiger partial charge in [-0.3, -0.25) is 9.78 Å². The van der Waals surface area contributed by atoms with Gasteiger partial charge in [0.1, 0.15) is 5.01 Å². The highest BCUT2D eigenvalue weighted by Gasteiger charge is 2.12. The second kappa shape index (κ2) is 7.15. The van der Waals surface area contributed by atoms with Crippen LogP contribution < -0.4 is 5.32 Å². The van der Waals surface area contributed by atoms with Crippen LogP contribution in [0.15, 0.2) is 54.7 Å². The van der Waals surface area contributed by atoms with Crippen molar-refractivity contribution in [2.24, 2.45) is 0 Å². The number of thiazole rings is 1. The average Bonchev–Trinajstić information content (AvgIpc) is 2.95. The molecular weight excluding hydrogens is 306 g/mol. The van der Waals surface area contributed by atoms with Crippen molar-refractivity contribution in [3.05, 3.63) is 71.0 Å². The van der Waals surface area contributed by atoms with E-state index in [0.717, 1.165) is 26.8 Å². The fourth-order valence-electron chi connectivity index (χ4n) is 2.20. The van der Waals surface area contributed by atoms with Crippen molar-refractivity contribution in [1.29, 1.82) is 0 Å². The van der Waals surface area contributed by atoms with Gasteiger partial charge >= 0.3 is 0 Å². The number of pyridine rings is 1. The van der Waals surface area contributed by atoms with Gasteiger partial charge in [-0.25, -0.2) is 4.98 Å². The fraction of sp³-hybridized carbons (Fsp3) is 0.167. The number of benzene rings is 1. The van der Waals surface area contributed by atoms with Crippen LogP contribution in [0.3, 0.4) is 0 Å². The molecule has 2 heterocycles. The van der Waals surface area contributed by atoms with Crippen LogP contribution in [-0.2, 0) is 17.8 Å². The molecule has 0 atom stereocenters. The van der Waals surface area contributed by atoms with Crippen LogP contribution in [0.4, 0.5) is 0 Å². The van der Waals surface area contributed by atoms with Gasteiger partial charge in [-0.05, 0) is 19.1 Å². The number of hydrogen-bond donors (Lipinski definition) is 1. The summed E-state index contributed by atoms with van der Waals surface area (Å²) in [5.41, 5.74) is 2.86. The van der Waals surface area contributed by atoms with E-state index in [-0.39, 0.29) is 5.91 Å². The zero-order valence-electron chi connectivity index (χ0n) is 12.8. The quantitative estimate of drug-likeness (QED) is 0.783. The lowest BCUT2D eigenvalue weighted by Crippen LogP contribution is -2.24. The van der Waals surface area contributed by atoms with E-state index in [0.29, 0.717) is 13.0 Å². The van der Waals surface area contributed by atoms with E-state index in [2.05, 4.69) is 15.3 Å². The first-order valence-corrected chi connectivity index (χ1v) is 8.22. The molecule has 23 heavy (non-hydrogen) atoms. The minimum Gasteiger partial charge on any atom is -0.350 e. The maximum atomic E-state index is 12.1. The van der Waals surface area contributed by atoms with Crippen molar-refractivity contribution in [3.63, 3.8) is 0 Å². The predicted molar refractivity (Wildman–Crippen MR) is 92.1 cm³/mol. The van der Waals surface area contributed by atoms with Crippen molar-refractivity contribution >= 4 is 17.2 Å². The third kappa shape index (κ3) is 4.02. The Kier molecular flexibility index (Phi) is 4.78. The van der Waals surface area contributed by atoms with Crippen molar-refractivity contribution in [3.8, 4) is 10.6 Å². The topological polar surface area (TPSA) is 54.9 Å². The Morgan fingerprint density at radius 3 is 2.65 bits per heavy atom. The van der Waals surface area contributed by atoms with Gasteiger partial charge in [-0.2, -0.15) is 0 Å². The first-order chi connectivity index (χ1) is 11.2. The lowest BCUT2D eigenvalue weighted by molar-refractivity contribution is -0.120. The summed E-state index contributed by atoms with van der Waals surface area (Å²) in [7, 11) is 0. The first kappa shape index (κ1) is 15.4. The lowest BCUT2D eigenvalue weighted by atomic mass is 10.2. The number of aryl methyl sites for hydroxylation is 1. The van der Waals surface area contributed by atoms with Gasteiger partial charge in [0.05, 0.1) is 24.4 Å². The molecule has 0 fully saturated rings. The molecule has 1 aromatic carbocycles. The van der Waals surface area contributed by atoms with Crippen LogP contribution >= 0.6 is 11.3 Å². The van der Waals surface area contributed by atoms with Crippen LogP contribution in [0.25, 0.3) is 10.6 Å². The summed E-state index contributed by atoms with van der Waals surface area (Å²) in [4.78, 5) is 21.9. The third-order valence-corrected chi connectivity index (χ3v) is 4.63. The molecule has 0 aliphatic rings. The molecule has 2 aromatic heterocycles. The first-order valence-electron chi connectivity index (χ1n) is 7.40. The third-order valence-electron chi connectivity index (χ3n) is 3.43. The number of carbonyl (C=O) groups is 1. The molecular formula is C18H17N3OS. The Balaban J connectivity index is 1.64. The summed E-state index contributed by atoms with van der Waals surface area (Å²) in [6.07, 6.45) is 2.07. The van der Waals surface area contributed by atoms with Crippen LogP contribution in [0, 0.1) is 6.92 Å². The van der Waals surface area contributed by atoms with Gasteiger partial charge in [0, 0.05) is 16.6 Å². The zero-order chi connectivity index (χ0) is 16.1. The Morgan fingerprint density at radius 1 is 1.13 bits per heavy atom. The van der Waals surface area contributed by atoms with E-state index in [1.54, 1.807) is 17.5 Å². The van der Waals surface area contributed by atoms with Crippen molar-refractivity contribution in [1.82, 2.24) is 15.3 Å². The molecule has 0 saturated carbocycles. The van der Waals surface area contributed by atoms with E-state index in [4.69, 9.17) is 0 Å². The molecule has 1 amide bonds. The molecule has 0 spiro atoms. The molecule has 0 saturated heterocycles. The number of nitrogens with zero attached hydrogens (tertiary/aromatic N) is 2. The summed E-state index contributed by atoms with van der Waals surface area (Å²) in [5, 5.41) is 3.86.